The minimum atomic E-state index is -0.491. The number of hydrogen-bond donors (Lipinski definition) is 2. The third-order valence-electron chi connectivity index (χ3n) is 3.93. The van der Waals surface area contributed by atoms with Crippen molar-refractivity contribution in [3.8, 4) is 11.3 Å². The number of hydrogen-bond acceptors (Lipinski definition) is 5. The van der Waals surface area contributed by atoms with E-state index in [9.17, 15) is 14.9 Å². The lowest BCUT2D eigenvalue weighted by Crippen LogP contribution is -2.19. The van der Waals surface area contributed by atoms with E-state index in [1.165, 1.54) is 41.2 Å². The zero-order valence-electron chi connectivity index (χ0n) is 14.8. The summed E-state index contributed by atoms with van der Waals surface area (Å²) in [7, 11) is 0. The van der Waals surface area contributed by atoms with Crippen molar-refractivity contribution in [2.75, 3.05) is 10.6 Å². The van der Waals surface area contributed by atoms with Gasteiger partial charge in [-0.15, -0.1) is 11.3 Å². The molecule has 7 nitrogen and oxygen atoms in total. The van der Waals surface area contributed by atoms with Crippen molar-refractivity contribution >= 4 is 33.9 Å². The van der Waals surface area contributed by atoms with Gasteiger partial charge < -0.3 is 5.32 Å². The van der Waals surface area contributed by atoms with E-state index in [2.05, 4.69) is 41.6 Å². The first-order chi connectivity index (χ1) is 12.9. The number of carbonyl (C=O) groups is 1. The third kappa shape index (κ3) is 4.68. The van der Waals surface area contributed by atoms with E-state index in [0.717, 1.165) is 11.3 Å². The van der Waals surface area contributed by atoms with Crippen LogP contribution in [0.25, 0.3) is 11.3 Å². The van der Waals surface area contributed by atoms with Crippen molar-refractivity contribution < 1.29 is 9.72 Å². The zero-order chi connectivity index (χ0) is 19.4. The first kappa shape index (κ1) is 18.5. The van der Waals surface area contributed by atoms with Gasteiger partial charge >= 0.3 is 6.03 Å². The Balaban J connectivity index is 1.63. The summed E-state index contributed by atoms with van der Waals surface area (Å²) in [6, 6.07) is 13.3. The molecule has 0 aliphatic carbocycles. The molecule has 8 heteroatoms. The van der Waals surface area contributed by atoms with Gasteiger partial charge in [0.2, 0.25) is 0 Å². The molecule has 0 aliphatic rings. The molecule has 0 saturated carbocycles. The molecule has 0 spiro atoms. The average molecular weight is 382 g/mol. The second kappa shape index (κ2) is 7.96. The molecule has 138 valence electrons. The number of non-ortho nitro benzene ring substituents is 1. The van der Waals surface area contributed by atoms with Gasteiger partial charge in [0, 0.05) is 28.8 Å². The van der Waals surface area contributed by atoms with E-state index < -0.39 is 11.0 Å². The van der Waals surface area contributed by atoms with Crippen LogP contribution in [0.2, 0.25) is 0 Å². The SMILES string of the molecule is CC(C)c1ccc(-c2csc(NC(=O)Nc3ccc([N+](=O)[O-])cc3)n2)cc1. The number of nitro benzene ring substituents is 1. The van der Waals surface area contributed by atoms with Crippen LogP contribution in [-0.4, -0.2) is 15.9 Å². The van der Waals surface area contributed by atoms with Gasteiger partial charge in [-0.2, -0.15) is 0 Å². The average Bonchev–Trinajstić information content (AvgIpc) is 3.10. The van der Waals surface area contributed by atoms with E-state index >= 15 is 0 Å². The van der Waals surface area contributed by atoms with E-state index in [0.29, 0.717) is 16.7 Å². The van der Waals surface area contributed by atoms with Gasteiger partial charge in [0.1, 0.15) is 0 Å². The van der Waals surface area contributed by atoms with Gasteiger partial charge in [-0.05, 0) is 23.6 Å². The van der Waals surface area contributed by atoms with Crippen LogP contribution in [0.3, 0.4) is 0 Å². The zero-order valence-corrected chi connectivity index (χ0v) is 15.6. The Labute approximate surface area is 160 Å². The predicted octanol–water partition coefficient (Wildman–Crippen LogP) is 5.49. The fraction of sp³-hybridized carbons (Fsp3) is 0.158. The number of anilines is 2. The second-order valence-electron chi connectivity index (χ2n) is 6.20. The smallest absolute Gasteiger partial charge is 0.308 e. The van der Waals surface area contributed by atoms with Gasteiger partial charge in [-0.1, -0.05) is 38.1 Å². The summed E-state index contributed by atoms with van der Waals surface area (Å²) >= 11 is 1.33. The summed E-state index contributed by atoms with van der Waals surface area (Å²) in [5, 5.41) is 18.3. The van der Waals surface area contributed by atoms with Crippen molar-refractivity contribution in [2.24, 2.45) is 0 Å². The molecule has 2 N–H and O–H groups in total. The Kier molecular flexibility index (Phi) is 5.46. The molecule has 27 heavy (non-hydrogen) atoms. The minimum Gasteiger partial charge on any atom is -0.308 e. The Morgan fingerprint density at radius 1 is 1.07 bits per heavy atom. The highest BCUT2D eigenvalue weighted by molar-refractivity contribution is 7.14. The van der Waals surface area contributed by atoms with Crippen molar-refractivity contribution in [1.82, 2.24) is 4.98 Å². The van der Waals surface area contributed by atoms with Crippen LogP contribution in [0.15, 0.2) is 53.9 Å². The number of nitrogens with zero attached hydrogens (tertiary/aromatic N) is 2. The number of nitro groups is 1. The Morgan fingerprint density at radius 2 is 1.74 bits per heavy atom. The maximum atomic E-state index is 12.1. The molecule has 0 atom stereocenters. The van der Waals surface area contributed by atoms with Crippen molar-refractivity contribution in [1.29, 1.82) is 0 Å². The van der Waals surface area contributed by atoms with Crippen molar-refractivity contribution in [3.05, 3.63) is 69.6 Å². The summed E-state index contributed by atoms with van der Waals surface area (Å²) in [5.41, 5.74) is 3.46. The standard InChI is InChI=1S/C19H18N4O3S/c1-12(2)13-3-5-14(6-4-13)17-11-27-19(21-17)22-18(24)20-15-7-9-16(10-8-15)23(25)26/h3-12H,1-2H3,(H2,20,21,22,24). The molecule has 0 radical (unpaired) electrons. The molecule has 2 aromatic carbocycles. The molecule has 0 fully saturated rings. The van der Waals surface area contributed by atoms with Gasteiger partial charge in [-0.25, -0.2) is 9.78 Å². The van der Waals surface area contributed by atoms with Crippen molar-refractivity contribution in [2.45, 2.75) is 19.8 Å². The highest BCUT2D eigenvalue weighted by atomic mass is 32.1. The molecule has 1 aromatic heterocycles. The summed E-state index contributed by atoms with van der Waals surface area (Å²) < 4.78 is 0. The maximum Gasteiger partial charge on any atom is 0.325 e. The Bertz CT molecular complexity index is 950. The molecule has 2 amide bonds. The monoisotopic (exact) mass is 382 g/mol. The number of benzene rings is 2. The van der Waals surface area contributed by atoms with E-state index in [1.807, 2.05) is 17.5 Å². The Hall–Kier alpha value is -3.26. The fourth-order valence-electron chi connectivity index (χ4n) is 2.43. The number of carbonyl (C=O) groups excluding carboxylic acids is 1. The lowest BCUT2D eigenvalue weighted by Gasteiger charge is -2.06. The summed E-state index contributed by atoms with van der Waals surface area (Å²) in [6.07, 6.45) is 0. The third-order valence-corrected chi connectivity index (χ3v) is 4.69. The van der Waals surface area contributed by atoms with Crippen LogP contribution in [0.4, 0.5) is 21.3 Å². The number of urea groups is 1. The lowest BCUT2D eigenvalue weighted by atomic mass is 10.0. The second-order valence-corrected chi connectivity index (χ2v) is 7.06. The largest absolute Gasteiger partial charge is 0.325 e. The first-order valence-corrected chi connectivity index (χ1v) is 9.18. The predicted molar refractivity (Wildman–Crippen MR) is 107 cm³/mol. The van der Waals surface area contributed by atoms with Crippen LogP contribution in [0, 0.1) is 10.1 Å². The highest BCUT2D eigenvalue weighted by Crippen LogP contribution is 2.26. The first-order valence-electron chi connectivity index (χ1n) is 8.30. The van der Waals surface area contributed by atoms with Gasteiger partial charge in [-0.3, -0.25) is 15.4 Å². The number of aromatic nitrogens is 1. The van der Waals surface area contributed by atoms with Gasteiger partial charge in [0.15, 0.2) is 5.13 Å². The molecule has 1 heterocycles. The van der Waals surface area contributed by atoms with E-state index in [4.69, 9.17) is 0 Å². The van der Waals surface area contributed by atoms with E-state index in [-0.39, 0.29) is 5.69 Å². The number of thiazole rings is 1. The fourth-order valence-corrected chi connectivity index (χ4v) is 3.14. The topological polar surface area (TPSA) is 97.2 Å². The van der Waals surface area contributed by atoms with Gasteiger partial charge in [0.25, 0.3) is 5.69 Å². The minimum absolute atomic E-state index is 0.0333. The molecular weight excluding hydrogens is 364 g/mol. The van der Waals surface area contributed by atoms with Gasteiger partial charge in [0.05, 0.1) is 10.6 Å². The maximum absolute atomic E-state index is 12.1. The summed E-state index contributed by atoms with van der Waals surface area (Å²) in [4.78, 5) is 26.7. The molecule has 3 aromatic rings. The van der Waals surface area contributed by atoms with Crippen LogP contribution < -0.4 is 10.6 Å². The van der Waals surface area contributed by atoms with Crippen LogP contribution >= 0.6 is 11.3 Å². The molecular formula is C19H18N4O3S. The van der Waals surface area contributed by atoms with Crippen LogP contribution in [-0.2, 0) is 0 Å². The van der Waals surface area contributed by atoms with E-state index in [1.54, 1.807) is 0 Å². The number of amides is 2. The molecule has 0 aliphatic heterocycles. The number of nitrogens with one attached hydrogen (secondary N) is 2. The Morgan fingerprint density at radius 3 is 2.33 bits per heavy atom. The summed E-state index contributed by atoms with van der Waals surface area (Å²) in [6.45, 7) is 4.28. The molecule has 0 saturated heterocycles. The van der Waals surface area contributed by atoms with Crippen LogP contribution in [0.1, 0.15) is 25.3 Å². The molecule has 0 bridgehead atoms. The normalized spacial score (nSPS) is 10.6. The van der Waals surface area contributed by atoms with Crippen LogP contribution in [0.5, 0.6) is 0 Å². The lowest BCUT2D eigenvalue weighted by molar-refractivity contribution is -0.384. The molecule has 0 unspecified atom stereocenters. The molecule has 3 rings (SSSR count). The number of rotatable bonds is 5. The summed E-state index contributed by atoms with van der Waals surface area (Å²) in [5.74, 6) is 0.467. The van der Waals surface area contributed by atoms with Crippen molar-refractivity contribution in [3.63, 3.8) is 0 Å². The quantitative estimate of drug-likeness (QED) is 0.450. The highest BCUT2D eigenvalue weighted by Gasteiger charge is 2.10.